The predicted octanol–water partition coefficient (Wildman–Crippen LogP) is 4.31. The molecule has 0 saturated heterocycles. The van der Waals surface area contributed by atoms with Gasteiger partial charge >= 0.3 is 6.18 Å². The predicted molar refractivity (Wildman–Crippen MR) is 100.0 cm³/mol. The third kappa shape index (κ3) is 4.69. The standard InChI is InChI=1S/C18H17F3N4O2S/c1-2-6-28(26,27)25-15-8-13(9-22-10-15)17-23-11-16(24-17)12-4-3-5-14(7-12)18(19,20)21/h3-5,7-11,25H,2,6H2,1H3,(H,23,24). The molecule has 0 amide bonds. The van der Waals surface area contributed by atoms with Gasteiger partial charge in [-0.2, -0.15) is 13.2 Å². The number of anilines is 1. The zero-order valence-electron chi connectivity index (χ0n) is 14.8. The number of nitrogens with zero attached hydrogens (tertiary/aromatic N) is 2. The second-order valence-corrected chi connectivity index (χ2v) is 7.95. The topological polar surface area (TPSA) is 87.7 Å². The van der Waals surface area contributed by atoms with Crippen molar-refractivity contribution in [3.8, 4) is 22.6 Å². The summed E-state index contributed by atoms with van der Waals surface area (Å²) in [5.74, 6) is 0.342. The fraction of sp³-hybridized carbons (Fsp3) is 0.222. The zero-order valence-corrected chi connectivity index (χ0v) is 15.6. The molecule has 10 heteroatoms. The number of hydrogen-bond acceptors (Lipinski definition) is 4. The summed E-state index contributed by atoms with van der Waals surface area (Å²) in [7, 11) is -3.47. The van der Waals surface area contributed by atoms with Crippen molar-refractivity contribution in [3.05, 3.63) is 54.5 Å². The lowest BCUT2D eigenvalue weighted by Gasteiger charge is -2.08. The van der Waals surface area contributed by atoms with Gasteiger partial charge in [-0.15, -0.1) is 0 Å². The van der Waals surface area contributed by atoms with Crippen molar-refractivity contribution < 1.29 is 21.6 Å². The molecule has 0 aliphatic heterocycles. The van der Waals surface area contributed by atoms with E-state index in [0.717, 1.165) is 12.1 Å². The van der Waals surface area contributed by atoms with Crippen molar-refractivity contribution in [1.29, 1.82) is 0 Å². The van der Waals surface area contributed by atoms with Gasteiger partial charge in [-0.05, 0) is 24.6 Å². The molecule has 0 aliphatic rings. The number of nitrogens with one attached hydrogen (secondary N) is 2. The number of pyridine rings is 1. The SMILES string of the molecule is CCCS(=O)(=O)Nc1cncc(-c2ncc(-c3cccc(C(F)(F)F)c3)[nH]2)c1. The highest BCUT2D eigenvalue weighted by atomic mass is 32.2. The molecule has 6 nitrogen and oxygen atoms in total. The van der Waals surface area contributed by atoms with E-state index in [4.69, 9.17) is 0 Å². The Labute approximate surface area is 159 Å². The highest BCUT2D eigenvalue weighted by molar-refractivity contribution is 7.92. The van der Waals surface area contributed by atoms with E-state index in [2.05, 4.69) is 19.7 Å². The summed E-state index contributed by atoms with van der Waals surface area (Å²) >= 11 is 0. The Morgan fingerprint density at radius 1 is 1.11 bits per heavy atom. The number of rotatable bonds is 6. The van der Waals surface area contributed by atoms with Crippen molar-refractivity contribution in [2.24, 2.45) is 0 Å². The molecular formula is C18H17F3N4O2S. The average Bonchev–Trinajstić information content (AvgIpc) is 3.11. The van der Waals surface area contributed by atoms with Crippen LogP contribution in [0.15, 0.2) is 48.9 Å². The molecule has 28 heavy (non-hydrogen) atoms. The Bertz CT molecular complexity index is 1080. The maximum atomic E-state index is 12.9. The van der Waals surface area contributed by atoms with E-state index in [1.807, 2.05) is 0 Å². The first kappa shape index (κ1) is 19.9. The van der Waals surface area contributed by atoms with E-state index >= 15 is 0 Å². The lowest BCUT2D eigenvalue weighted by Crippen LogP contribution is -2.16. The smallest absolute Gasteiger partial charge is 0.338 e. The second kappa shape index (κ2) is 7.63. The summed E-state index contributed by atoms with van der Waals surface area (Å²) in [6.07, 6.45) is 0.298. The number of benzene rings is 1. The van der Waals surface area contributed by atoms with Gasteiger partial charge in [0, 0.05) is 17.3 Å². The first-order valence-corrected chi connectivity index (χ1v) is 10.0. The van der Waals surface area contributed by atoms with E-state index in [1.54, 1.807) is 19.1 Å². The molecule has 0 saturated carbocycles. The number of aromatic nitrogens is 3. The number of alkyl halides is 3. The van der Waals surface area contributed by atoms with Crippen molar-refractivity contribution in [2.45, 2.75) is 19.5 Å². The van der Waals surface area contributed by atoms with Crippen molar-refractivity contribution in [1.82, 2.24) is 15.0 Å². The summed E-state index contributed by atoms with van der Waals surface area (Å²) < 4.78 is 64.9. The molecular weight excluding hydrogens is 393 g/mol. The van der Waals surface area contributed by atoms with Gasteiger partial charge in [0.2, 0.25) is 10.0 Å². The van der Waals surface area contributed by atoms with E-state index in [0.29, 0.717) is 29.1 Å². The van der Waals surface area contributed by atoms with Crippen LogP contribution in [0.3, 0.4) is 0 Å². The van der Waals surface area contributed by atoms with Crippen LogP contribution in [0.2, 0.25) is 0 Å². The van der Waals surface area contributed by atoms with Crippen LogP contribution < -0.4 is 4.72 Å². The summed E-state index contributed by atoms with van der Waals surface area (Å²) in [5, 5.41) is 0. The van der Waals surface area contributed by atoms with Gasteiger partial charge in [-0.1, -0.05) is 19.1 Å². The van der Waals surface area contributed by atoms with Crippen LogP contribution in [-0.2, 0) is 16.2 Å². The fourth-order valence-corrected chi connectivity index (χ4v) is 3.71. The maximum Gasteiger partial charge on any atom is 0.416 e. The summed E-state index contributed by atoms with van der Waals surface area (Å²) in [4.78, 5) is 11.1. The number of imidazole rings is 1. The largest absolute Gasteiger partial charge is 0.416 e. The zero-order chi connectivity index (χ0) is 20.4. The Hall–Kier alpha value is -2.88. The summed E-state index contributed by atoms with van der Waals surface area (Å²) in [6, 6.07) is 6.44. The third-order valence-electron chi connectivity index (χ3n) is 3.83. The number of aromatic amines is 1. The molecule has 0 radical (unpaired) electrons. The minimum atomic E-state index is -4.44. The van der Waals surface area contributed by atoms with E-state index in [-0.39, 0.29) is 11.4 Å². The molecule has 3 aromatic rings. The van der Waals surface area contributed by atoms with Crippen LogP contribution >= 0.6 is 0 Å². The fourth-order valence-electron chi connectivity index (χ4n) is 2.60. The van der Waals surface area contributed by atoms with Gasteiger partial charge in [-0.3, -0.25) is 9.71 Å². The first-order chi connectivity index (χ1) is 13.2. The Morgan fingerprint density at radius 3 is 2.61 bits per heavy atom. The molecule has 0 aliphatic carbocycles. The molecule has 3 rings (SSSR count). The van der Waals surface area contributed by atoms with Crippen LogP contribution in [0.4, 0.5) is 18.9 Å². The molecule has 2 N–H and O–H groups in total. The van der Waals surface area contributed by atoms with Gasteiger partial charge < -0.3 is 4.98 Å². The second-order valence-electron chi connectivity index (χ2n) is 6.11. The quantitative estimate of drug-likeness (QED) is 0.634. The normalized spacial score (nSPS) is 12.1. The van der Waals surface area contributed by atoms with Gasteiger partial charge in [0.25, 0.3) is 0 Å². The van der Waals surface area contributed by atoms with Crippen LogP contribution in [0, 0.1) is 0 Å². The van der Waals surface area contributed by atoms with Crippen molar-refractivity contribution >= 4 is 15.7 Å². The minimum Gasteiger partial charge on any atom is -0.338 e. The van der Waals surface area contributed by atoms with Crippen LogP contribution in [0.5, 0.6) is 0 Å². The van der Waals surface area contributed by atoms with Crippen LogP contribution in [0.25, 0.3) is 22.6 Å². The molecule has 0 spiro atoms. The van der Waals surface area contributed by atoms with Gasteiger partial charge in [0.15, 0.2) is 0 Å². The highest BCUT2D eigenvalue weighted by Gasteiger charge is 2.30. The van der Waals surface area contributed by atoms with Crippen molar-refractivity contribution in [2.75, 3.05) is 10.5 Å². The number of hydrogen-bond donors (Lipinski definition) is 2. The monoisotopic (exact) mass is 410 g/mol. The molecule has 0 bridgehead atoms. The molecule has 2 heterocycles. The third-order valence-corrected chi connectivity index (χ3v) is 5.33. The van der Waals surface area contributed by atoms with Crippen LogP contribution in [-0.4, -0.2) is 29.1 Å². The Balaban J connectivity index is 1.88. The van der Waals surface area contributed by atoms with E-state index < -0.39 is 21.8 Å². The molecule has 2 aromatic heterocycles. The lowest BCUT2D eigenvalue weighted by molar-refractivity contribution is -0.137. The van der Waals surface area contributed by atoms with Crippen molar-refractivity contribution in [3.63, 3.8) is 0 Å². The molecule has 148 valence electrons. The van der Waals surface area contributed by atoms with Gasteiger partial charge in [0.1, 0.15) is 5.82 Å². The van der Waals surface area contributed by atoms with E-state index in [9.17, 15) is 21.6 Å². The lowest BCUT2D eigenvalue weighted by atomic mass is 10.1. The minimum absolute atomic E-state index is 0.0162. The molecule has 0 unspecified atom stereocenters. The Morgan fingerprint density at radius 2 is 1.89 bits per heavy atom. The summed E-state index contributed by atoms with van der Waals surface area (Å²) in [6.45, 7) is 1.76. The van der Waals surface area contributed by atoms with Gasteiger partial charge in [0.05, 0.1) is 35.1 Å². The summed E-state index contributed by atoms with van der Waals surface area (Å²) in [5.41, 5.74) is 0.757. The van der Waals surface area contributed by atoms with Gasteiger partial charge in [-0.25, -0.2) is 13.4 Å². The van der Waals surface area contributed by atoms with E-state index in [1.165, 1.54) is 24.7 Å². The molecule has 1 aromatic carbocycles. The molecule has 0 fully saturated rings. The maximum absolute atomic E-state index is 12.9. The number of sulfonamides is 1. The Kier molecular flexibility index (Phi) is 5.41. The average molecular weight is 410 g/mol. The first-order valence-electron chi connectivity index (χ1n) is 8.36. The molecule has 0 atom stereocenters. The highest BCUT2D eigenvalue weighted by Crippen LogP contribution is 2.32. The number of halogens is 3. The number of H-pyrrole nitrogens is 1. The van der Waals surface area contributed by atoms with Crippen LogP contribution in [0.1, 0.15) is 18.9 Å².